The van der Waals surface area contributed by atoms with E-state index in [1.165, 1.54) is 11.9 Å². The molecule has 0 unspecified atom stereocenters. The van der Waals surface area contributed by atoms with Gasteiger partial charge in [0, 0.05) is 23.6 Å². The largest absolute Gasteiger partial charge is 0.364 e. The van der Waals surface area contributed by atoms with Gasteiger partial charge in [0.1, 0.15) is 11.8 Å². The van der Waals surface area contributed by atoms with E-state index in [9.17, 15) is 0 Å². The van der Waals surface area contributed by atoms with Crippen molar-refractivity contribution in [1.29, 1.82) is 0 Å². The van der Waals surface area contributed by atoms with E-state index in [2.05, 4.69) is 37.4 Å². The van der Waals surface area contributed by atoms with E-state index in [-0.39, 0.29) is 17.1 Å². The molecule has 0 spiro atoms. The molecule has 0 amide bonds. The number of H-pyrrole nitrogens is 1. The molecule has 2 aromatic heterocycles. The summed E-state index contributed by atoms with van der Waals surface area (Å²) in [5.74, 6) is 0.774. The third-order valence-corrected chi connectivity index (χ3v) is 2.53. The van der Waals surface area contributed by atoms with Crippen molar-refractivity contribution in [3.05, 3.63) is 48.5 Å². The number of hydrogen-bond acceptors (Lipinski definition) is 4. The maximum atomic E-state index is 4.20. The smallest absolute Gasteiger partial charge is 0.182 e. The van der Waals surface area contributed by atoms with Gasteiger partial charge in [0.2, 0.25) is 0 Å². The molecule has 18 heavy (non-hydrogen) atoms. The van der Waals surface area contributed by atoms with Crippen molar-refractivity contribution in [2.24, 2.45) is 0 Å². The minimum absolute atomic E-state index is 0. The molecule has 0 aliphatic carbocycles. The van der Waals surface area contributed by atoms with Crippen LogP contribution in [0.3, 0.4) is 0 Å². The molecular weight excluding hydrogens is 278 g/mol. The third kappa shape index (κ3) is 2.50. The summed E-state index contributed by atoms with van der Waals surface area (Å²) in [6.45, 7) is 0.728. The molecule has 0 aliphatic heterocycles. The van der Waals surface area contributed by atoms with Gasteiger partial charge in [-0.3, -0.25) is 0 Å². The monoisotopic (exact) mass is 288 g/mol. The molecule has 6 heteroatoms. The molecule has 3 aromatic rings. The average molecular weight is 289 g/mol. The summed E-state index contributed by atoms with van der Waals surface area (Å²) in [6.07, 6.45) is 3.13. The third-order valence-electron chi connectivity index (χ3n) is 2.53. The first-order chi connectivity index (χ1) is 8.43. The van der Waals surface area contributed by atoms with E-state index in [1.54, 1.807) is 6.33 Å². The molecule has 1 aromatic carbocycles. The molecule has 2 N–H and O–H groups in total. The zero-order chi connectivity index (χ0) is 11.5. The van der Waals surface area contributed by atoms with Crippen LogP contribution in [-0.2, 0) is 23.6 Å². The quantitative estimate of drug-likeness (QED) is 0.723. The molecule has 0 fully saturated rings. The summed E-state index contributed by atoms with van der Waals surface area (Å²) in [6, 6.07) is 10.2. The molecule has 5 nitrogen and oxygen atoms in total. The van der Waals surface area contributed by atoms with Crippen molar-refractivity contribution >= 4 is 17.0 Å². The van der Waals surface area contributed by atoms with Crippen molar-refractivity contribution in [3.8, 4) is 0 Å². The van der Waals surface area contributed by atoms with Crippen LogP contribution in [0, 0.1) is 0 Å². The van der Waals surface area contributed by atoms with Gasteiger partial charge >= 0.3 is 0 Å². The minimum Gasteiger partial charge on any atom is -0.364 e. The summed E-state index contributed by atoms with van der Waals surface area (Å²) in [5.41, 5.74) is 2.72. The Balaban J connectivity index is 0.00000120. The van der Waals surface area contributed by atoms with E-state index in [0.29, 0.717) is 5.65 Å². The van der Waals surface area contributed by atoms with Gasteiger partial charge in [-0.25, -0.2) is 15.0 Å². The molecule has 0 aliphatic rings. The second-order valence-corrected chi connectivity index (χ2v) is 3.66. The number of nitrogens with one attached hydrogen (secondary N) is 2. The number of anilines is 1. The van der Waals surface area contributed by atoms with Crippen molar-refractivity contribution < 1.29 is 17.1 Å². The van der Waals surface area contributed by atoms with Crippen molar-refractivity contribution in [2.45, 2.75) is 6.54 Å². The number of benzene rings is 1. The first kappa shape index (κ1) is 12.5. The van der Waals surface area contributed by atoms with E-state index in [1.807, 2.05) is 18.2 Å². The summed E-state index contributed by atoms with van der Waals surface area (Å²) in [7, 11) is 0. The Labute approximate surface area is 115 Å². The number of rotatable bonds is 3. The zero-order valence-electron chi connectivity index (χ0n) is 9.39. The number of aromatic nitrogens is 4. The van der Waals surface area contributed by atoms with Gasteiger partial charge in [-0.15, -0.1) is 0 Å². The number of fused-ring (bicyclic) bond motifs is 1. The molecule has 3 rings (SSSR count). The Kier molecular flexibility index (Phi) is 3.92. The summed E-state index contributed by atoms with van der Waals surface area (Å²) >= 11 is 0. The minimum atomic E-state index is 0. The van der Waals surface area contributed by atoms with E-state index < -0.39 is 0 Å². The maximum Gasteiger partial charge on any atom is 0.182 e. The summed E-state index contributed by atoms with van der Waals surface area (Å²) < 4.78 is 0. The first-order valence-corrected chi connectivity index (χ1v) is 5.35. The van der Waals surface area contributed by atoms with E-state index in [0.717, 1.165) is 17.9 Å². The van der Waals surface area contributed by atoms with Gasteiger partial charge in [-0.1, -0.05) is 30.3 Å². The first-order valence-electron chi connectivity index (χ1n) is 5.35. The second kappa shape index (κ2) is 5.62. The van der Waals surface area contributed by atoms with Gasteiger partial charge in [-0.2, -0.15) is 0 Å². The maximum absolute atomic E-state index is 4.20. The molecule has 95 valence electrons. The molecule has 0 bridgehead atoms. The number of aromatic amines is 1. The van der Waals surface area contributed by atoms with E-state index in [4.69, 9.17) is 0 Å². The van der Waals surface area contributed by atoms with Crippen LogP contribution in [-0.4, -0.2) is 19.9 Å². The van der Waals surface area contributed by atoms with E-state index >= 15 is 0 Å². The molecule has 2 heterocycles. The Morgan fingerprint density at radius 1 is 1.06 bits per heavy atom. The van der Waals surface area contributed by atoms with Crippen LogP contribution in [0.4, 0.5) is 5.82 Å². The predicted molar refractivity (Wildman–Crippen MR) is 65.5 cm³/mol. The zero-order valence-corrected chi connectivity index (χ0v) is 10.3. The van der Waals surface area contributed by atoms with Crippen molar-refractivity contribution in [2.75, 3.05) is 5.32 Å². The van der Waals surface area contributed by atoms with Crippen LogP contribution in [0.25, 0.3) is 11.2 Å². The summed E-state index contributed by atoms with van der Waals surface area (Å²) in [4.78, 5) is 15.4. The van der Waals surface area contributed by atoms with Gasteiger partial charge in [0.25, 0.3) is 0 Å². The summed E-state index contributed by atoms with van der Waals surface area (Å²) in [5, 5.41) is 3.27. The fourth-order valence-corrected chi connectivity index (χ4v) is 1.68. The number of nitrogens with zero attached hydrogens (tertiary/aromatic N) is 3. The van der Waals surface area contributed by atoms with Crippen LogP contribution in [0.2, 0.25) is 0 Å². The fourth-order valence-electron chi connectivity index (χ4n) is 1.68. The Hall–Kier alpha value is -1.91. The Morgan fingerprint density at radius 2 is 1.89 bits per heavy atom. The van der Waals surface area contributed by atoms with Crippen LogP contribution >= 0.6 is 0 Å². The Morgan fingerprint density at radius 3 is 2.72 bits per heavy atom. The predicted octanol–water partition coefficient (Wildman–Crippen LogP) is 1.96. The molecule has 1 radical (unpaired) electrons. The standard InChI is InChI=1S/C12H11N5.Cu/c1-2-4-9(5-3-1)6-13-11-10-12(15-7-14-10)17-8-16-11;/h1-5,7-8H,6H2,(H2,13,14,15,16,17);. The normalized spacial score (nSPS) is 10.0. The molecular formula is C12H11CuN5. The van der Waals surface area contributed by atoms with Gasteiger partial charge in [-0.05, 0) is 5.56 Å². The Bertz CT molecular complexity index is 622. The van der Waals surface area contributed by atoms with Crippen LogP contribution in [0.1, 0.15) is 5.56 Å². The molecule has 0 atom stereocenters. The van der Waals surface area contributed by atoms with Gasteiger partial charge in [0.15, 0.2) is 11.5 Å². The fraction of sp³-hybridized carbons (Fsp3) is 0.0833. The van der Waals surface area contributed by atoms with Crippen molar-refractivity contribution in [3.63, 3.8) is 0 Å². The average Bonchev–Trinajstić information content (AvgIpc) is 2.86. The van der Waals surface area contributed by atoms with Crippen molar-refractivity contribution in [1.82, 2.24) is 19.9 Å². The van der Waals surface area contributed by atoms with Crippen LogP contribution in [0.5, 0.6) is 0 Å². The second-order valence-electron chi connectivity index (χ2n) is 3.66. The van der Waals surface area contributed by atoms with Crippen LogP contribution < -0.4 is 5.32 Å². The van der Waals surface area contributed by atoms with Gasteiger partial charge in [0.05, 0.1) is 6.33 Å². The molecule has 0 saturated carbocycles. The number of imidazole rings is 1. The van der Waals surface area contributed by atoms with Crippen LogP contribution in [0.15, 0.2) is 43.0 Å². The SMILES string of the molecule is [Cu].c1ccc(CNc2ncnc3nc[nH]c23)cc1. The van der Waals surface area contributed by atoms with Gasteiger partial charge < -0.3 is 10.3 Å². The molecule has 0 saturated heterocycles. The topological polar surface area (TPSA) is 66.5 Å². The number of hydrogen-bond donors (Lipinski definition) is 2.